The van der Waals surface area contributed by atoms with E-state index in [1.54, 1.807) is 10.7 Å². The molecule has 1 aromatic heterocycles. The minimum absolute atomic E-state index is 0.0128. The van der Waals surface area contributed by atoms with Gasteiger partial charge in [0.1, 0.15) is 6.10 Å². The smallest absolute Gasteiger partial charge is 0.193 e. The van der Waals surface area contributed by atoms with Crippen molar-refractivity contribution in [2.45, 2.75) is 18.9 Å². The van der Waals surface area contributed by atoms with Crippen molar-refractivity contribution in [2.75, 3.05) is 33.3 Å². The molecule has 1 atom stereocenters. The predicted molar refractivity (Wildman–Crippen MR) is 110 cm³/mol. The van der Waals surface area contributed by atoms with Gasteiger partial charge in [0, 0.05) is 49.0 Å². The molecule has 1 aromatic carbocycles. The largest absolute Gasteiger partial charge is 0.370 e. The van der Waals surface area contributed by atoms with Crippen LogP contribution in [0.2, 0.25) is 10.0 Å². The zero-order chi connectivity index (χ0) is 19.2. The number of hydrogen-bond acceptors (Lipinski definition) is 3. The van der Waals surface area contributed by atoms with Crippen LogP contribution < -0.4 is 5.32 Å². The summed E-state index contributed by atoms with van der Waals surface area (Å²) in [5.41, 5.74) is 2.20. The molecule has 0 spiro atoms. The van der Waals surface area contributed by atoms with Crippen molar-refractivity contribution < 1.29 is 4.74 Å². The summed E-state index contributed by atoms with van der Waals surface area (Å²) in [6.45, 7) is 3.06. The number of morpholine rings is 1. The molecule has 0 saturated carbocycles. The number of nitrogens with zero attached hydrogens (tertiary/aromatic N) is 4. The molecule has 1 aliphatic heterocycles. The number of hydrogen-bond donors (Lipinski definition) is 1. The van der Waals surface area contributed by atoms with E-state index in [0.717, 1.165) is 54.6 Å². The van der Waals surface area contributed by atoms with Gasteiger partial charge in [0.15, 0.2) is 5.96 Å². The van der Waals surface area contributed by atoms with Crippen molar-refractivity contribution in [3.63, 3.8) is 0 Å². The first-order chi connectivity index (χ1) is 13.1. The summed E-state index contributed by atoms with van der Waals surface area (Å²) in [7, 11) is 3.73. The van der Waals surface area contributed by atoms with E-state index in [-0.39, 0.29) is 6.10 Å². The van der Waals surface area contributed by atoms with Gasteiger partial charge in [0.2, 0.25) is 0 Å². The summed E-state index contributed by atoms with van der Waals surface area (Å²) in [6.07, 6.45) is 5.72. The Bertz CT molecular complexity index is 792. The van der Waals surface area contributed by atoms with Gasteiger partial charge in [-0.3, -0.25) is 9.67 Å². The Morgan fingerprint density at radius 2 is 2.26 bits per heavy atom. The van der Waals surface area contributed by atoms with Crippen molar-refractivity contribution in [3.8, 4) is 0 Å². The first kappa shape index (κ1) is 20.0. The van der Waals surface area contributed by atoms with Gasteiger partial charge >= 0.3 is 0 Å². The SMILES string of the molecule is CN=C(NCCCc1ccc(Cl)cc1Cl)N1CCOC(c2cnn(C)c2)C1. The Balaban J connectivity index is 1.49. The minimum atomic E-state index is 0.0128. The van der Waals surface area contributed by atoms with Crippen LogP contribution in [0.15, 0.2) is 35.6 Å². The Morgan fingerprint density at radius 1 is 1.41 bits per heavy atom. The molecule has 1 saturated heterocycles. The Morgan fingerprint density at radius 3 is 2.96 bits per heavy atom. The predicted octanol–water partition coefficient (Wildman–Crippen LogP) is 3.31. The van der Waals surface area contributed by atoms with Gasteiger partial charge in [-0.25, -0.2) is 0 Å². The van der Waals surface area contributed by atoms with E-state index < -0.39 is 0 Å². The fourth-order valence-corrected chi connectivity index (χ4v) is 3.69. The molecule has 0 amide bonds. The lowest BCUT2D eigenvalue weighted by atomic mass is 10.1. The van der Waals surface area contributed by atoms with Crippen LogP contribution in [-0.2, 0) is 18.2 Å². The van der Waals surface area contributed by atoms with Crippen molar-refractivity contribution in [3.05, 3.63) is 51.8 Å². The standard InChI is InChI=1S/C19H25Cl2N5O/c1-22-19(23-7-3-4-14-5-6-16(20)10-17(14)21)26-8-9-27-18(13-26)15-11-24-25(2)12-15/h5-6,10-12,18H,3-4,7-9,13H2,1-2H3,(H,22,23). The van der Waals surface area contributed by atoms with E-state index in [0.29, 0.717) is 11.6 Å². The summed E-state index contributed by atoms with van der Waals surface area (Å²) in [5, 5.41) is 9.07. The van der Waals surface area contributed by atoms with Crippen LogP contribution in [0.4, 0.5) is 0 Å². The first-order valence-corrected chi connectivity index (χ1v) is 9.82. The monoisotopic (exact) mass is 409 g/mol. The van der Waals surface area contributed by atoms with E-state index in [1.165, 1.54) is 0 Å². The lowest BCUT2D eigenvalue weighted by molar-refractivity contribution is -0.00801. The molecule has 6 nitrogen and oxygen atoms in total. The third-order valence-corrected chi connectivity index (χ3v) is 5.18. The van der Waals surface area contributed by atoms with Gasteiger partial charge in [0.05, 0.1) is 19.3 Å². The second kappa shape index (κ2) is 9.44. The molecule has 1 unspecified atom stereocenters. The number of ether oxygens (including phenoxy) is 1. The van der Waals surface area contributed by atoms with Gasteiger partial charge in [-0.05, 0) is 30.5 Å². The molecule has 2 heterocycles. The molecule has 3 rings (SSSR count). The third-order valence-electron chi connectivity index (χ3n) is 4.60. The van der Waals surface area contributed by atoms with E-state index >= 15 is 0 Å². The molecule has 146 valence electrons. The molecule has 1 aliphatic rings. The second-order valence-corrected chi connectivity index (χ2v) is 7.41. The maximum Gasteiger partial charge on any atom is 0.193 e. The fourth-order valence-electron chi connectivity index (χ4n) is 3.19. The van der Waals surface area contributed by atoms with E-state index in [4.69, 9.17) is 27.9 Å². The topological polar surface area (TPSA) is 54.7 Å². The molecule has 1 fully saturated rings. The number of aliphatic imine (C=N–C) groups is 1. The summed E-state index contributed by atoms with van der Waals surface area (Å²) in [5.74, 6) is 0.898. The molecular weight excluding hydrogens is 385 g/mol. The third kappa shape index (κ3) is 5.37. The number of aryl methyl sites for hydroxylation is 2. The maximum absolute atomic E-state index is 6.24. The van der Waals surface area contributed by atoms with Gasteiger partial charge in [-0.1, -0.05) is 29.3 Å². The maximum atomic E-state index is 6.24. The highest BCUT2D eigenvalue weighted by molar-refractivity contribution is 6.35. The van der Waals surface area contributed by atoms with Gasteiger partial charge in [-0.15, -0.1) is 0 Å². The quantitative estimate of drug-likeness (QED) is 0.467. The highest BCUT2D eigenvalue weighted by atomic mass is 35.5. The minimum Gasteiger partial charge on any atom is -0.370 e. The fraction of sp³-hybridized carbons (Fsp3) is 0.474. The van der Waals surface area contributed by atoms with Crippen molar-refractivity contribution >= 4 is 29.2 Å². The zero-order valence-corrected chi connectivity index (χ0v) is 17.2. The van der Waals surface area contributed by atoms with Gasteiger partial charge in [-0.2, -0.15) is 5.10 Å². The van der Waals surface area contributed by atoms with Crippen molar-refractivity contribution in [1.29, 1.82) is 0 Å². The molecule has 0 radical (unpaired) electrons. The van der Waals surface area contributed by atoms with Crippen LogP contribution in [-0.4, -0.2) is 53.9 Å². The number of aromatic nitrogens is 2. The van der Waals surface area contributed by atoms with Crippen molar-refractivity contribution in [1.82, 2.24) is 20.0 Å². The summed E-state index contributed by atoms with van der Waals surface area (Å²) in [6, 6.07) is 5.65. The molecule has 1 N–H and O–H groups in total. The Kier molecular flexibility index (Phi) is 6.99. The second-order valence-electron chi connectivity index (χ2n) is 6.57. The Labute approximate surface area is 170 Å². The number of nitrogens with one attached hydrogen (secondary N) is 1. The highest BCUT2D eigenvalue weighted by Crippen LogP contribution is 2.23. The molecule has 0 bridgehead atoms. The first-order valence-electron chi connectivity index (χ1n) is 9.06. The van der Waals surface area contributed by atoms with Gasteiger partial charge < -0.3 is 15.0 Å². The normalized spacial score (nSPS) is 18.0. The molecule has 27 heavy (non-hydrogen) atoms. The van der Waals surface area contributed by atoms with Crippen LogP contribution in [0.3, 0.4) is 0 Å². The number of benzene rings is 1. The van der Waals surface area contributed by atoms with Crippen LogP contribution >= 0.6 is 23.2 Å². The van der Waals surface area contributed by atoms with Gasteiger partial charge in [0.25, 0.3) is 0 Å². The van der Waals surface area contributed by atoms with Crippen LogP contribution in [0.25, 0.3) is 0 Å². The molecule has 8 heteroatoms. The Hall–Kier alpha value is -1.76. The van der Waals surface area contributed by atoms with Crippen molar-refractivity contribution in [2.24, 2.45) is 12.0 Å². The average molecular weight is 410 g/mol. The average Bonchev–Trinajstić information content (AvgIpc) is 3.10. The summed E-state index contributed by atoms with van der Waals surface area (Å²) in [4.78, 5) is 6.66. The number of guanidine groups is 1. The van der Waals surface area contributed by atoms with E-state index in [1.807, 2.05) is 38.6 Å². The summed E-state index contributed by atoms with van der Waals surface area (Å²) < 4.78 is 7.70. The zero-order valence-electron chi connectivity index (χ0n) is 15.7. The van der Waals surface area contributed by atoms with Crippen LogP contribution in [0.1, 0.15) is 23.7 Å². The lowest BCUT2D eigenvalue weighted by Gasteiger charge is -2.34. The number of rotatable bonds is 5. The summed E-state index contributed by atoms with van der Waals surface area (Å²) >= 11 is 12.2. The lowest BCUT2D eigenvalue weighted by Crippen LogP contribution is -2.48. The van der Waals surface area contributed by atoms with Crippen LogP contribution in [0, 0.1) is 0 Å². The van der Waals surface area contributed by atoms with Crippen LogP contribution in [0.5, 0.6) is 0 Å². The van der Waals surface area contributed by atoms with E-state index in [2.05, 4.69) is 20.3 Å². The molecular formula is C19H25Cl2N5O. The highest BCUT2D eigenvalue weighted by Gasteiger charge is 2.24. The van der Waals surface area contributed by atoms with E-state index in [9.17, 15) is 0 Å². The number of halogens is 2. The molecule has 2 aromatic rings. The molecule has 0 aliphatic carbocycles.